The summed E-state index contributed by atoms with van der Waals surface area (Å²) in [6.45, 7) is 0. The summed E-state index contributed by atoms with van der Waals surface area (Å²) in [7, 11) is 0. The van der Waals surface area contributed by atoms with E-state index in [0.29, 0.717) is 46.5 Å². The van der Waals surface area contributed by atoms with Crippen LogP contribution in [-0.2, 0) is 47.6 Å². The molecule has 6 rings (SSSR count). The van der Waals surface area contributed by atoms with Gasteiger partial charge in [0.1, 0.15) is 0 Å². The average molecular weight is 904 g/mol. The largest absolute Gasteiger partial charge is 1.00 e. The second-order valence-corrected chi connectivity index (χ2v) is 16.4. The van der Waals surface area contributed by atoms with Crippen molar-refractivity contribution in [1.82, 2.24) is 0 Å². The predicted molar refractivity (Wildman–Crippen MR) is 147 cm³/mol. The van der Waals surface area contributed by atoms with Crippen molar-refractivity contribution in [3.8, 4) is 0 Å². The Kier molecular flexibility index (Phi) is 10.8. The number of halogens is 14. The molecule has 0 heterocycles. The van der Waals surface area contributed by atoms with Crippen LogP contribution >= 0.6 is 0 Å². The van der Waals surface area contributed by atoms with Crippen molar-refractivity contribution < 1.29 is 100 Å². The third-order valence-corrected chi connectivity index (χ3v) is 14.9. The fraction of sp³-hybridized carbons (Fsp3) is 0.176. The fourth-order valence-electron chi connectivity index (χ4n) is 5.92. The van der Waals surface area contributed by atoms with E-state index in [-0.39, 0.29) is 59.2 Å². The number of hydrogen-bond donors (Lipinski definition) is 0. The number of allylic oxidation sites excluding steroid dienone is 2. The summed E-state index contributed by atoms with van der Waals surface area (Å²) in [5.41, 5.74) is -3.87. The molecule has 0 N–H and O–H groups in total. The van der Waals surface area contributed by atoms with Crippen molar-refractivity contribution in [3.63, 3.8) is 0 Å². The quantitative estimate of drug-likeness (QED) is 0.181. The van der Waals surface area contributed by atoms with Gasteiger partial charge in [0.05, 0.1) is 0 Å². The Morgan fingerprint density at radius 3 is 0.980 bits per heavy atom. The molecule has 0 nitrogen and oxygen atoms in total. The summed E-state index contributed by atoms with van der Waals surface area (Å²) in [4.78, 5) is 0. The van der Waals surface area contributed by atoms with Crippen LogP contribution in [0.15, 0.2) is 84.9 Å². The minimum Gasteiger partial charge on any atom is -1.00 e. The zero-order valence-corrected chi connectivity index (χ0v) is 29.3. The maximum Gasteiger partial charge on any atom is -1.00 e. The molecule has 0 fully saturated rings. The minimum atomic E-state index is -5.10. The molecular weight excluding hydrogens is 886 g/mol. The summed E-state index contributed by atoms with van der Waals surface area (Å²) >= 11 is -2.60. The Morgan fingerprint density at radius 1 is 0.408 bits per heavy atom. The first-order valence-electron chi connectivity index (χ1n) is 13.8. The van der Waals surface area contributed by atoms with Crippen molar-refractivity contribution in [2.24, 2.45) is 0 Å². The Hall–Kier alpha value is -3.03. The number of benzene rings is 4. The standard InChI is InChI=1S/2C17H9F6.2ClH.Hf/c2*18-16(19,20)14-7-13(8-15(9-14)17(21,22)23)12-5-10-3-1-2-4-11(10)6-12;;;/h2*1-9H;2*1H;/q;;;;+2/p-2. The van der Waals surface area contributed by atoms with Crippen molar-refractivity contribution in [2.45, 2.75) is 32.1 Å². The number of hydrogen-bond acceptors (Lipinski definition) is 0. The van der Waals surface area contributed by atoms with Crippen LogP contribution in [-0.4, -0.2) is 0 Å². The van der Waals surface area contributed by atoms with Gasteiger partial charge in [-0.1, -0.05) is 0 Å². The summed E-state index contributed by atoms with van der Waals surface area (Å²) < 4.78 is 164. The van der Waals surface area contributed by atoms with Gasteiger partial charge >= 0.3 is 272 Å². The smallest absolute Gasteiger partial charge is 1.00 e. The molecular formula is C34H18Cl2F12Hf. The van der Waals surface area contributed by atoms with E-state index in [1.165, 1.54) is 12.2 Å². The Bertz CT molecular complexity index is 1730. The normalized spacial score (nSPS) is 17.2. The molecule has 4 aromatic carbocycles. The van der Waals surface area contributed by atoms with Gasteiger partial charge in [-0.3, -0.25) is 0 Å². The van der Waals surface area contributed by atoms with Gasteiger partial charge < -0.3 is 24.8 Å². The topological polar surface area (TPSA) is 0 Å². The molecule has 2 unspecified atom stereocenters. The van der Waals surface area contributed by atoms with Crippen LogP contribution in [0.2, 0.25) is 0 Å². The van der Waals surface area contributed by atoms with Crippen molar-refractivity contribution in [3.05, 3.63) is 141 Å². The number of alkyl halides is 12. The van der Waals surface area contributed by atoms with Crippen LogP contribution in [0.25, 0.3) is 23.3 Å². The van der Waals surface area contributed by atoms with E-state index in [4.69, 9.17) is 0 Å². The first kappa shape index (κ1) is 38.8. The molecule has 0 aliphatic heterocycles. The molecule has 0 saturated carbocycles. The predicted octanol–water partition coefficient (Wildman–Crippen LogP) is 5.74. The monoisotopic (exact) mass is 904 g/mol. The second-order valence-electron chi connectivity index (χ2n) is 11.1. The van der Waals surface area contributed by atoms with E-state index in [2.05, 4.69) is 0 Å². The van der Waals surface area contributed by atoms with E-state index < -0.39 is 77.2 Å². The van der Waals surface area contributed by atoms with Crippen molar-refractivity contribution in [1.29, 1.82) is 0 Å². The molecule has 4 aromatic rings. The Labute approximate surface area is 295 Å². The SMILES string of the molecule is FC(F)(F)c1cc(C2=Cc3ccccc3[CH]2[Hf+2][CH]2C(c3cc(C(F)(F)F)cc(C(F)(F)F)c3)=Cc3ccccc32)cc(C(F)(F)F)c1.[Cl-].[Cl-]. The number of fused-ring (bicyclic) bond motifs is 2. The Morgan fingerprint density at radius 2 is 0.694 bits per heavy atom. The van der Waals surface area contributed by atoms with Gasteiger partial charge in [-0.05, 0) is 0 Å². The van der Waals surface area contributed by atoms with Gasteiger partial charge in [0.2, 0.25) is 0 Å². The molecule has 0 bridgehead atoms. The Balaban J connectivity index is 0.00000270. The summed E-state index contributed by atoms with van der Waals surface area (Å²) in [6.07, 6.45) is -17.4. The molecule has 256 valence electrons. The van der Waals surface area contributed by atoms with Gasteiger partial charge in [0.15, 0.2) is 0 Å². The van der Waals surface area contributed by atoms with Crippen LogP contribution in [0, 0.1) is 0 Å². The molecule has 49 heavy (non-hydrogen) atoms. The van der Waals surface area contributed by atoms with Crippen molar-refractivity contribution in [2.75, 3.05) is 0 Å². The molecule has 0 amide bonds. The van der Waals surface area contributed by atoms with Crippen LogP contribution in [0.3, 0.4) is 0 Å². The van der Waals surface area contributed by atoms with Gasteiger partial charge in [-0.15, -0.1) is 0 Å². The van der Waals surface area contributed by atoms with E-state index in [1.807, 2.05) is 0 Å². The van der Waals surface area contributed by atoms with Gasteiger partial charge in [0.25, 0.3) is 0 Å². The van der Waals surface area contributed by atoms with Crippen LogP contribution in [0.1, 0.15) is 63.0 Å². The maximum atomic E-state index is 13.8. The first-order chi connectivity index (χ1) is 21.8. The molecule has 0 saturated heterocycles. The van der Waals surface area contributed by atoms with E-state index in [1.54, 1.807) is 48.5 Å². The van der Waals surface area contributed by atoms with Crippen LogP contribution in [0.4, 0.5) is 52.7 Å². The zero-order valence-electron chi connectivity index (χ0n) is 24.2. The van der Waals surface area contributed by atoms with Crippen LogP contribution in [0.5, 0.6) is 0 Å². The molecule has 2 aliphatic rings. The third kappa shape index (κ3) is 7.83. The fourth-order valence-corrected chi connectivity index (χ4v) is 13.4. The van der Waals surface area contributed by atoms with E-state index in [0.717, 1.165) is 0 Å². The van der Waals surface area contributed by atoms with E-state index in [9.17, 15) is 52.7 Å². The van der Waals surface area contributed by atoms with E-state index >= 15 is 0 Å². The summed E-state index contributed by atoms with van der Waals surface area (Å²) in [5.74, 6) is 0. The molecule has 2 aliphatic carbocycles. The second kappa shape index (κ2) is 13.6. The minimum absolute atomic E-state index is 0. The summed E-state index contributed by atoms with van der Waals surface area (Å²) in [6, 6.07) is 15.9. The molecule has 0 aromatic heterocycles. The van der Waals surface area contributed by atoms with Crippen molar-refractivity contribution >= 4 is 23.3 Å². The third-order valence-electron chi connectivity index (χ3n) is 8.03. The van der Waals surface area contributed by atoms with Gasteiger partial charge in [-0.2, -0.15) is 0 Å². The average Bonchev–Trinajstić information content (AvgIpc) is 3.54. The first-order valence-corrected chi connectivity index (χ1v) is 17.9. The van der Waals surface area contributed by atoms with Gasteiger partial charge in [-0.25, -0.2) is 0 Å². The molecule has 2 atom stereocenters. The maximum absolute atomic E-state index is 13.8. The number of rotatable bonds is 4. The van der Waals surface area contributed by atoms with Crippen LogP contribution < -0.4 is 24.8 Å². The zero-order chi connectivity index (χ0) is 34.1. The molecule has 0 spiro atoms. The molecule has 0 radical (unpaired) electrons. The summed E-state index contributed by atoms with van der Waals surface area (Å²) in [5, 5.41) is 0. The van der Waals surface area contributed by atoms with Gasteiger partial charge in [0, 0.05) is 0 Å². The molecule has 15 heteroatoms.